The first-order valence-corrected chi connectivity index (χ1v) is 5.74. The van der Waals surface area contributed by atoms with Gasteiger partial charge in [0.15, 0.2) is 0 Å². The summed E-state index contributed by atoms with van der Waals surface area (Å²) in [5.41, 5.74) is 1.81. The van der Waals surface area contributed by atoms with Crippen molar-refractivity contribution in [3.8, 4) is 0 Å². The highest BCUT2D eigenvalue weighted by atomic mass is 16.5. The Morgan fingerprint density at radius 3 is 2.33 bits per heavy atom. The molecule has 0 fully saturated rings. The minimum absolute atomic E-state index is 0.0715. The van der Waals surface area contributed by atoms with Gasteiger partial charge in [-0.05, 0) is 12.1 Å². The molecule has 1 amide bonds. The summed E-state index contributed by atoms with van der Waals surface area (Å²) in [6.45, 7) is 1.95. The summed E-state index contributed by atoms with van der Waals surface area (Å²) in [5, 5.41) is 8.08. The van der Waals surface area contributed by atoms with Crippen LogP contribution in [0.1, 0.15) is 6.92 Å². The Kier molecular flexibility index (Phi) is 3.79. The molecule has 0 unspecified atom stereocenters. The zero-order valence-electron chi connectivity index (χ0n) is 10.5. The number of carbonyl (C=O) groups is 1. The number of nitrogens with one attached hydrogen (secondary N) is 2. The normalized spacial score (nSPS) is 10.3. The molecule has 0 saturated carbocycles. The minimum Gasteiger partial charge on any atom is -0.365 e. The van der Waals surface area contributed by atoms with Crippen molar-refractivity contribution in [1.29, 1.82) is 0 Å². The second-order valence-corrected chi connectivity index (χ2v) is 4.00. The summed E-state index contributed by atoms with van der Waals surface area (Å²) in [4.78, 5) is 11.2. The van der Waals surface area contributed by atoms with E-state index in [-0.39, 0.29) is 5.91 Å². The number of hydrogen-bond acceptors (Lipinski definition) is 3. The lowest BCUT2D eigenvalue weighted by Gasteiger charge is -2.12. The molecule has 0 aliphatic carbocycles. The van der Waals surface area contributed by atoms with E-state index in [1.54, 1.807) is 7.11 Å². The van der Waals surface area contributed by atoms with Crippen LogP contribution in [0.4, 0.5) is 11.4 Å². The maximum Gasteiger partial charge on any atom is 0.221 e. The van der Waals surface area contributed by atoms with Crippen molar-refractivity contribution in [1.82, 2.24) is 0 Å². The van der Waals surface area contributed by atoms with E-state index in [0.29, 0.717) is 6.73 Å². The monoisotopic (exact) mass is 244 g/mol. The van der Waals surface area contributed by atoms with Gasteiger partial charge in [-0.15, -0.1) is 0 Å². The lowest BCUT2D eigenvalue weighted by Crippen LogP contribution is -2.07. The van der Waals surface area contributed by atoms with Gasteiger partial charge < -0.3 is 15.4 Å². The number of anilines is 2. The van der Waals surface area contributed by atoms with Gasteiger partial charge in [0, 0.05) is 36.2 Å². The first kappa shape index (κ1) is 12.4. The largest absolute Gasteiger partial charge is 0.365 e. The van der Waals surface area contributed by atoms with Crippen LogP contribution < -0.4 is 10.6 Å². The standard InChI is InChI=1S/C14H16N2O2/c1-10(17)16-14-8-4-5-11-12(14)6-3-7-13(11)15-9-18-2/h3-8,15H,9H2,1-2H3,(H,16,17). The Morgan fingerprint density at radius 2 is 1.72 bits per heavy atom. The Morgan fingerprint density at radius 1 is 1.11 bits per heavy atom. The van der Waals surface area contributed by atoms with E-state index in [9.17, 15) is 4.79 Å². The average Bonchev–Trinajstić information content (AvgIpc) is 2.36. The van der Waals surface area contributed by atoms with Crippen LogP contribution in [-0.2, 0) is 9.53 Å². The van der Waals surface area contributed by atoms with Crippen LogP contribution in [0.3, 0.4) is 0 Å². The van der Waals surface area contributed by atoms with Crippen LogP contribution in [-0.4, -0.2) is 19.7 Å². The molecular formula is C14H16N2O2. The first-order chi connectivity index (χ1) is 8.72. The number of hydrogen-bond donors (Lipinski definition) is 2. The van der Waals surface area contributed by atoms with Crippen molar-refractivity contribution >= 4 is 28.1 Å². The van der Waals surface area contributed by atoms with E-state index < -0.39 is 0 Å². The Hall–Kier alpha value is -2.07. The molecule has 0 aliphatic heterocycles. The Labute approximate surface area is 106 Å². The van der Waals surface area contributed by atoms with Gasteiger partial charge in [-0.1, -0.05) is 24.3 Å². The minimum atomic E-state index is -0.0715. The summed E-state index contributed by atoms with van der Waals surface area (Å²) >= 11 is 0. The summed E-state index contributed by atoms with van der Waals surface area (Å²) in [6.07, 6.45) is 0. The van der Waals surface area contributed by atoms with Crippen molar-refractivity contribution in [3.05, 3.63) is 36.4 Å². The summed E-state index contributed by atoms with van der Waals surface area (Å²) < 4.78 is 5.01. The van der Waals surface area contributed by atoms with Crippen LogP contribution in [0.25, 0.3) is 10.8 Å². The molecule has 0 atom stereocenters. The SMILES string of the molecule is COCNc1cccc2c(NC(C)=O)cccc12. The molecule has 0 spiro atoms. The zero-order valence-corrected chi connectivity index (χ0v) is 10.5. The van der Waals surface area contributed by atoms with E-state index in [1.165, 1.54) is 6.92 Å². The van der Waals surface area contributed by atoms with Crippen LogP contribution in [0.15, 0.2) is 36.4 Å². The predicted octanol–water partition coefficient (Wildman–Crippen LogP) is 2.81. The Balaban J connectivity index is 2.47. The second-order valence-electron chi connectivity index (χ2n) is 4.00. The summed E-state index contributed by atoms with van der Waals surface area (Å²) in [7, 11) is 1.64. The first-order valence-electron chi connectivity index (χ1n) is 5.74. The van der Waals surface area contributed by atoms with Crippen molar-refractivity contribution < 1.29 is 9.53 Å². The van der Waals surface area contributed by atoms with Gasteiger partial charge >= 0.3 is 0 Å². The molecule has 94 valence electrons. The van der Waals surface area contributed by atoms with Crippen LogP contribution in [0.5, 0.6) is 0 Å². The van der Waals surface area contributed by atoms with Crippen molar-refractivity contribution in [2.75, 3.05) is 24.5 Å². The third-order valence-corrected chi connectivity index (χ3v) is 2.64. The van der Waals surface area contributed by atoms with Gasteiger partial charge in [0.1, 0.15) is 6.73 Å². The molecular weight excluding hydrogens is 228 g/mol. The lowest BCUT2D eigenvalue weighted by atomic mass is 10.1. The van der Waals surface area contributed by atoms with Crippen molar-refractivity contribution in [2.45, 2.75) is 6.92 Å². The molecule has 2 N–H and O–H groups in total. The highest BCUT2D eigenvalue weighted by molar-refractivity contribution is 6.05. The van der Waals surface area contributed by atoms with E-state index in [1.807, 2.05) is 36.4 Å². The maximum atomic E-state index is 11.2. The fourth-order valence-corrected chi connectivity index (χ4v) is 1.91. The zero-order chi connectivity index (χ0) is 13.0. The molecule has 4 heteroatoms. The van der Waals surface area contributed by atoms with Gasteiger partial charge in [-0.25, -0.2) is 0 Å². The second kappa shape index (κ2) is 5.51. The highest BCUT2D eigenvalue weighted by Gasteiger charge is 2.05. The molecule has 0 aromatic heterocycles. The third-order valence-electron chi connectivity index (χ3n) is 2.64. The molecule has 0 radical (unpaired) electrons. The van der Waals surface area contributed by atoms with E-state index >= 15 is 0 Å². The molecule has 2 aromatic rings. The van der Waals surface area contributed by atoms with Crippen molar-refractivity contribution in [2.24, 2.45) is 0 Å². The molecule has 0 saturated heterocycles. The molecule has 2 aromatic carbocycles. The topological polar surface area (TPSA) is 50.4 Å². The third kappa shape index (κ3) is 2.60. The number of amides is 1. The molecule has 0 heterocycles. The number of rotatable bonds is 4. The number of benzene rings is 2. The molecule has 0 aliphatic rings. The predicted molar refractivity (Wildman–Crippen MR) is 73.8 cm³/mol. The average molecular weight is 244 g/mol. The number of fused-ring (bicyclic) bond motifs is 1. The number of carbonyl (C=O) groups excluding carboxylic acids is 1. The van der Waals surface area contributed by atoms with Crippen LogP contribution in [0.2, 0.25) is 0 Å². The van der Waals surface area contributed by atoms with Gasteiger partial charge in [0.2, 0.25) is 5.91 Å². The lowest BCUT2D eigenvalue weighted by molar-refractivity contribution is -0.114. The highest BCUT2D eigenvalue weighted by Crippen LogP contribution is 2.29. The molecule has 4 nitrogen and oxygen atoms in total. The van der Waals surface area contributed by atoms with E-state index in [2.05, 4.69) is 10.6 Å². The summed E-state index contributed by atoms with van der Waals surface area (Å²) in [5.74, 6) is -0.0715. The fraction of sp³-hybridized carbons (Fsp3) is 0.214. The fourth-order valence-electron chi connectivity index (χ4n) is 1.91. The van der Waals surface area contributed by atoms with Gasteiger partial charge in [-0.3, -0.25) is 4.79 Å². The Bertz CT molecular complexity index is 567. The smallest absolute Gasteiger partial charge is 0.221 e. The molecule has 18 heavy (non-hydrogen) atoms. The quantitative estimate of drug-likeness (QED) is 0.813. The van der Waals surface area contributed by atoms with Crippen molar-refractivity contribution in [3.63, 3.8) is 0 Å². The molecule has 2 rings (SSSR count). The van der Waals surface area contributed by atoms with E-state index in [0.717, 1.165) is 22.1 Å². The summed E-state index contributed by atoms with van der Waals surface area (Å²) in [6, 6.07) is 11.7. The van der Waals surface area contributed by atoms with Crippen LogP contribution >= 0.6 is 0 Å². The molecule has 0 bridgehead atoms. The van der Waals surface area contributed by atoms with Gasteiger partial charge in [-0.2, -0.15) is 0 Å². The van der Waals surface area contributed by atoms with Gasteiger partial charge in [0.25, 0.3) is 0 Å². The maximum absolute atomic E-state index is 11.2. The number of methoxy groups -OCH3 is 1. The van der Waals surface area contributed by atoms with E-state index in [4.69, 9.17) is 4.74 Å². The number of ether oxygens (including phenoxy) is 1. The van der Waals surface area contributed by atoms with Crippen LogP contribution in [0, 0.1) is 0 Å². The van der Waals surface area contributed by atoms with Gasteiger partial charge in [0.05, 0.1) is 0 Å².